The van der Waals surface area contributed by atoms with Crippen LogP contribution in [0, 0.1) is 20.2 Å². The van der Waals surface area contributed by atoms with E-state index in [1.165, 1.54) is 6.07 Å². The van der Waals surface area contributed by atoms with Crippen LogP contribution in [0.4, 0.5) is 17.1 Å². The minimum Gasteiger partial charge on any atom is -0.462 e. The van der Waals surface area contributed by atoms with Crippen molar-refractivity contribution in [3.05, 3.63) is 38.4 Å². The Morgan fingerprint density at radius 2 is 1.88 bits per heavy atom. The van der Waals surface area contributed by atoms with Gasteiger partial charge in [-0.3, -0.25) is 25.7 Å². The third kappa shape index (κ3) is 4.84. The van der Waals surface area contributed by atoms with E-state index >= 15 is 0 Å². The number of ether oxygens (including phenoxy) is 1. The van der Waals surface area contributed by atoms with Crippen molar-refractivity contribution < 1.29 is 19.4 Å². The molecule has 24 heavy (non-hydrogen) atoms. The summed E-state index contributed by atoms with van der Waals surface area (Å²) in [7, 11) is -2.18. The highest BCUT2D eigenvalue weighted by atomic mass is 28.3. The van der Waals surface area contributed by atoms with E-state index in [9.17, 15) is 25.0 Å². The zero-order valence-corrected chi connectivity index (χ0v) is 14.7. The van der Waals surface area contributed by atoms with E-state index in [0.717, 1.165) is 12.1 Å². The fraction of sp³-hybridized carbons (Fsp3) is 0.385. The second-order valence-electron chi connectivity index (χ2n) is 5.76. The average Bonchev–Trinajstić information content (AvgIpc) is 2.46. The number of rotatable bonds is 7. The molecule has 0 amide bonds. The maximum Gasteiger partial charge on any atom is 0.349 e. The van der Waals surface area contributed by atoms with Crippen molar-refractivity contribution in [1.82, 2.24) is 0 Å². The van der Waals surface area contributed by atoms with Crippen LogP contribution in [0.15, 0.2) is 23.3 Å². The molecular weight excluding hydrogens is 336 g/mol. The number of nitro groups is 2. The Bertz CT molecular complexity index is 698. The van der Waals surface area contributed by atoms with Crippen molar-refractivity contribution in [1.29, 1.82) is 0 Å². The summed E-state index contributed by atoms with van der Waals surface area (Å²) in [5, 5.41) is 26.0. The van der Waals surface area contributed by atoms with Crippen molar-refractivity contribution in [3.63, 3.8) is 0 Å². The SMILES string of the molecule is CCOC(=O)/C(=N/Nc1ccc([N+](=O)[O-])cc1[N+](=O)[O-])[Si](C)(C)C. The zero-order valence-electron chi connectivity index (χ0n) is 13.7. The third-order valence-electron chi connectivity index (χ3n) is 2.86. The number of carbonyl (C=O) groups excluding carboxylic acids is 1. The summed E-state index contributed by atoms with van der Waals surface area (Å²) >= 11 is 0. The Balaban J connectivity index is 3.24. The summed E-state index contributed by atoms with van der Waals surface area (Å²) in [6, 6.07) is 3.12. The molecule has 0 unspecified atom stereocenters. The molecule has 1 aromatic carbocycles. The first kappa shape index (κ1) is 19.2. The maximum absolute atomic E-state index is 12.0. The molecule has 1 rings (SSSR count). The topological polar surface area (TPSA) is 137 Å². The second-order valence-corrected chi connectivity index (χ2v) is 10.7. The number of nitrogens with one attached hydrogen (secondary N) is 1. The second kappa shape index (κ2) is 7.63. The van der Waals surface area contributed by atoms with Crippen molar-refractivity contribution in [3.8, 4) is 0 Å². The van der Waals surface area contributed by atoms with Gasteiger partial charge in [0.2, 0.25) is 0 Å². The van der Waals surface area contributed by atoms with Crippen molar-refractivity contribution in [2.24, 2.45) is 5.10 Å². The molecule has 0 aromatic heterocycles. The minimum absolute atomic E-state index is 0.0503. The predicted molar refractivity (Wildman–Crippen MR) is 90.8 cm³/mol. The summed E-state index contributed by atoms with van der Waals surface area (Å²) in [6.45, 7) is 7.45. The van der Waals surface area contributed by atoms with E-state index < -0.39 is 35.3 Å². The summed E-state index contributed by atoms with van der Waals surface area (Å²) in [4.78, 5) is 32.3. The number of non-ortho nitro benzene ring substituents is 1. The monoisotopic (exact) mass is 354 g/mol. The number of hydrogen-bond acceptors (Lipinski definition) is 8. The highest BCUT2D eigenvalue weighted by Crippen LogP contribution is 2.29. The number of carbonyl (C=O) groups is 1. The third-order valence-corrected chi connectivity index (χ3v) is 4.59. The van der Waals surface area contributed by atoms with Crippen LogP contribution in [-0.4, -0.2) is 35.8 Å². The van der Waals surface area contributed by atoms with Crippen LogP contribution in [0.1, 0.15) is 6.92 Å². The van der Waals surface area contributed by atoms with Crippen LogP contribution < -0.4 is 5.43 Å². The molecule has 0 spiro atoms. The average molecular weight is 354 g/mol. The molecular formula is C13H18N4O6Si. The highest BCUT2D eigenvalue weighted by molar-refractivity contribution is 7.12. The fourth-order valence-corrected chi connectivity index (χ4v) is 2.79. The van der Waals surface area contributed by atoms with Crippen molar-refractivity contribution >= 4 is 36.4 Å². The Morgan fingerprint density at radius 1 is 1.25 bits per heavy atom. The first-order valence-electron chi connectivity index (χ1n) is 7.02. The number of hydrazone groups is 1. The molecule has 0 radical (unpaired) electrons. The maximum atomic E-state index is 12.0. The van der Waals surface area contributed by atoms with Gasteiger partial charge in [0.1, 0.15) is 19.1 Å². The van der Waals surface area contributed by atoms with Gasteiger partial charge in [0.25, 0.3) is 5.69 Å². The summed E-state index contributed by atoms with van der Waals surface area (Å²) in [5.74, 6) is -0.589. The number of nitrogens with zero attached hydrogens (tertiary/aromatic N) is 3. The Morgan fingerprint density at radius 3 is 2.33 bits per heavy atom. The number of hydrogen-bond donors (Lipinski definition) is 1. The molecule has 130 valence electrons. The van der Waals surface area contributed by atoms with Gasteiger partial charge in [-0.2, -0.15) is 5.10 Å². The van der Waals surface area contributed by atoms with Crippen LogP contribution in [0.25, 0.3) is 0 Å². The van der Waals surface area contributed by atoms with Gasteiger partial charge in [-0.05, 0) is 13.0 Å². The smallest absolute Gasteiger partial charge is 0.349 e. The minimum atomic E-state index is -2.18. The number of esters is 1. The van der Waals surface area contributed by atoms with Crippen molar-refractivity contribution in [2.45, 2.75) is 26.6 Å². The van der Waals surface area contributed by atoms with E-state index in [4.69, 9.17) is 4.74 Å². The first-order chi connectivity index (χ1) is 11.1. The van der Waals surface area contributed by atoms with E-state index in [-0.39, 0.29) is 17.6 Å². The zero-order chi connectivity index (χ0) is 18.5. The molecule has 0 aliphatic carbocycles. The molecule has 0 aliphatic rings. The lowest BCUT2D eigenvalue weighted by molar-refractivity contribution is -0.393. The lowest BCUT2D eigenvalue weighted by Crippen LogP contribution is -2.41. The molecule has 0 saturated heterocycles. The summed E-state index contributed by atoms with van der Waals surface area (Å²) in [5.41, 5.74) is 1.50. The molecule has 0 saturated carbocycles. The summed E-state index contributed by atoms with van der Waals surface area (Å²) in [6.07, 6.45) is 0. The number of benzene rings is 1. The molecule has 11 heteroatoms. The lowest BCUT2D eigenvalue weighted by Gasteiger charge is -2.17. The van der Waals surface area contributed by atoms with Crippen LogP contribution >= 0.6 is 0 Å². The summed E-state index contributed by atoms with van der Waals surface area (Å²) < 4.78 is 4.95. The highest BCUT2D eigenvalue weighted by Gasteiger charge is 2.30. The van der Waals surface area contributed by atoms with Crippen molar-refractivity contribution in [2.75, 3.05) is 12.0 Å². The molecule has 10 nitrogen and oxygen atoms in total. The van der Waals surface area contributed by atoms with Gasteiger partial charge >= 0.3 is 11.7 Å². The molecule has 1 aromatic rings. The molecule has 0 bridgehead atoms. The normalized spacial score (nSPS) is 11.8. The van der Waals surface area contributed by atoms with Crippen LogP contribution in [0.3, 0.4) is 0 Å². The molecule has 0 atom stereocenters. The molecule has 0 heterocycles. The Labute approximate surface area is 138 Å². The van der Waals surface area contributed by atoms with Gasteiger partial charge in [0.05, 0.1) is 22.5 Å². The largest absolute Gasteiger partial charge is 0.462 e. The fourth-order valence-electron chi connectivity index (χ4n) is 1.71. The predicted octanol–water partition coefficient (Wildman–Crippen LogP) is 2.71. The van der Waals surface area contributed by atoms with Gasteiger partial charge in [0, 0.05) is 6.07 Å². The molecule has 0 aliphatic heterocycles. The Kier molecular flexibility index (Phi) is 6.11. The van der Waals surface area contributed by atoms with Crippen LogP contribution in [0.2, 0.25) is 19.6 Å². The van der Waals surface area contributed by atoms with Gasteiger partial charge in [-0.1, -0.05) is 19.6 Å². The number of anilines is 1. The van der Waals surface area contributed by atoms with Crippen LogP contribution in [0.5, 0.6) is 0 Å². The quantitative estimate of drug-likeness (QED) is 0.261. The van der Waals surface area contributed by atoms with E-state index in [1.807, 2.05) is 19.6 Å². The number of nitro benzene ring substituents is 2. The molecule has 0 fully saturated rings. The Hall–Kier alpha value is -2.82. The van der Waals surface area contributed by atoms with Gasteiger partial charge in [0.15, 0.2) is 0 Å². The van der Waals surface area contributed by atoms with Crippen LogP contribution in [-0.2, 0) is 9.53 Å². The van der Waals surface area contributed by atoms with E-state index in [2.05, 4.69) is 10.5 Å². The van der Waals surface area contributed by atoms with Gasteiger partial charge in [-0.15, -0.1) is 0 Å². The van der Waals surface area contributed by atoms with E-state index in [0.29, 0.717) is 0 Å². The standard InChI is InChI=1S/C13H18N4O6Si/c1-5-23-13(18)12(24(2,3)4)15-14-10-7-6-9(16(19)20)8-11(10)17(21)22/h6-8,14H,5H2,1-4H3/b15-12-. The molecule has 1 N–H and O–H groups in total. The first-order valence-corrected chi connectivity index (χ1v) is 10.5. The lowest BCUT2D eigenvalue weighted by atomic mass is 10.2. The van der Waals surface area contributed by atoms with E-state index in [1.54, 1.807) is 6.92 Å². The van der Waals surface area contributed by atoms with Gasteiger partial charge < -0.3 is 4.74 Å². The van der Waals surface area contributed by atoms with Gasteiger partial charge in [-0.25, -0.2) is 4.79 Å².